The summed E-state index contributed by atoms with van der Waals surface area (Å²) in [6.07, 6.45) is 0. The Labute approximate surface area is 142 Å². The number of hydrogen-bond acceptors (Lipinski definition) is 6. The maximum Gasteiger partial charge on any atom is 0.225 e. The number of ether oxygens (including phenoxy) is 1. The Morgan fingerprint density at radius 2 is 2.00 bits per heavy atom. The normalized spacial score (nSPS) is 11.0. The number of nitrogens with one attached hydrogen (secondary N) is 1. The van der Waals surface area contributed by atoms with Gasteiger partial charge in [0, 0.05) is 11.4 Å². The summed E-state index contributed by atoms with van der Waals surface area (Å²) in [7, 11) is 0. The molecule has 0 bridgehead atoms. The summed E-state index contributed by atoms with van der Waals surface area (Å²) in [5, 5.41) is 13.1. The van der Waals surface area contributed by atoms with E-state index in [4.69, 9.17) is 21.4 Å². The maximum absolute atomic E-state index is 8.69. The highest BCUT2D eigenvalue weighted by atomic mass is 35.5. The van der Waals surface area contributed by atoms with Crippen LogP contribution in [0, 0.1) is 0 Å². The van der Waals surface area contributed by atoms with Gasteiger partial charge in [0.2, 0.25) is 5.28 Å². The average molecular weight is 350 g/mol. The zero-order valence-electron chi connectivity index (χ0n) is 12.3. The monoisotopic (exact) mass is 349 g/mol. The second kappa shape index (κ2) is 7.70. The molecule has 0 saturated heterocycles. The molecule has 0 aliphatic carbocycles. The maximum atomic E-state index is 8.69. The van der Waals surface area contributed by atoms with E-state index in [9.17, 15) is 0 Å². The smallest absolute Gasteiger partial charge is 0.225 e. The first-order valence-electron chi connectivity index (χ1n) is 7.23. The predicted molar refractivity (Wildman–Crippen MR) is 94.3 cm³/mol. The van der Waals surface area contributed by atoms with Crippen molar-refractivity contribution in [3.05, 3.63) is 41.7 Å². The number of halogens is 1. The minimum atomic E-state index is 0.0224. The quantitative estimate of drug-likeness (QED) is 0.505. The summed E-state index contributed by atoms with van der Waals surface area (Å²) in [5.41, 5.74) is 1.14. The van der Waals surface area contributed by atoms with Crippen LogP contribution in [-0.4, -0.2) is 41.4 Å². The van der Waals surface area contributed by atoms with Crippen LogP contribution in [0.25, 0.3) is 20.7 Å². The number of thiophene rings is 1. The Bertz CT molecular complexity index is 780. The van der Waals surface area contributed by atoms with Crippen LogP contribution in [0.1, 0.15) is 0 Å². The summed E-state index contributed by atoms with van der Waals surface area (Å²) >= 11 is 7.61. The van der Waals surface area contributed by atoms with Gasteiger partial charge in [0.05, 0.1) is 25.2 Å². The Hall–Kier alpha value is -1.73. The molecule has 0 atom stereocenters. The zero-order valence-corrected chi connectivity index (χ0v) is 13.9. The van der Waals surface area contributed by atoms with Crippen molar-refractivity contribution in [2.75, 3.05) is 31.7 Å². The van der Waals surface area contributed by atoms with E-state index in [-0.39, 0.29) is 11.9 Å². The van der Waals surface area contributed by atoms with E-state index >= 15 is 0 Å². The van der Waals surface area contributed by atoms with Crippen LogP contribution in [0.5, 0.6) is 0 Å². The highest BCUT2D eigenvalue weighted by Crippen LogP contribution is 2.35. The van der Waals surface area contributed by atoms with Crippen molar-refractivity contribution < 1.29 is 9.84 Å². The van der Waals surface area contributed by atoms with Crippen LogP contribution >= 0.6 is 22.9 Å². The van der Waals surface area contributed by atoms with Crippen LogP contribution < -0.4 is 5.32 Å². The molecule has 0 aliphatic rings. The Morgan fingerprint density at radius 3 is 2.78 bits per heavy atom. The molecule has 0 spiro atoms. The van der Waals surface area contributed by atoms with Crippen molar-refractivity contribution in [1.29, 1.82) is 0 Å². The Kier molecular flexibility index (Phi) is 5.40. The molecule has 5 nitrogen and oxygen atoms in total. The van der Waals surface area contributed by atoms with Gasteiger partial charge in [0.25, 0.3) is 0 Å². The summed E-state index contributed by atoms with van der Waals surface area (Å²) in [6.45, 7) is 1.42. The average Bonchev–Trinajstić information content (AvgIpc) is 2.99. The first-order valence-corrected chi connectivity index (χ1v) is 8.42. The van der Waals surface area contributed by atoms with Crippen LogP contribution in [-0.2, 0) is 4.74 Å². The van der Waals surface area contributed by atoms with Crippen molar-refractivity contribution in [2.45, 2.75) is 0 Å². The lowest BCUT2D eigenvalue weighted by atomic mass is 10.2. The SMILES string of the molecule is OCCOCCNc1nc(Cl)nc2sc(-c3ccccc3)cc12. The number of aliphatic hydroxyl groups excluding tert-OH is 1. The lowest BCUT2D eigenvalue weighted by Gasteiger charge is -2.07. The van der Waals surface area contributed by atoms with Gasteiger partial charge in [-0.1, -0.05) is 30.3 Å². The van der Waals surface area contributed by atoms with Crippen molar-refractivity contribution in [3.8, 4) is 10.4 Å². The van der Waals surface area contributed by atoms with Gasteiger partial charge < -0.3 is 15.2 Å². The molecule has 2 N–H and O–H groups in total. The molecule has 3 aromatic rings. The zero-order chi connectivity index (χ0) is 16.1. The minimum Gasteiger partial charge on any atom is -0.394 e. The molecule has 1 aromatic carbocycles. The van der Waals surface area contributed by atoms with E-state index in [2.05, 4.69) is 33.5 Å². The molecule has 0 aliphatic heterocycles. The third-order valence-corrected chi connectivity index (χ3v) is 4.45. The number of aromatic nitrogens is 2. The fourth-order valence-electron chi connectivity index (χ4n) is 2.18. The number of fused-ring (bicyclic) bond motifs is 1. The van der Waals surface area contributed by atoms with E-state index < -0.39 is 0 Å². The summed E-state index contributed by atoms with van der Waals surface area (Å²) in [4.78, 5) is 10.6. The van der Waals surface area contributed by atoms with E-state index in [1.54, 1.807) is 11.3 Å². The third-order valence-electron chi connectivity index (χ3n) is 3.20. The Morgan fingerprint density at radius 1 is 1.17 bits per heavy atom. The second-order valence-corrected chi connectivity index (χ2v) is 6.17. The lowest BCUT2D eigenvalue weighted by Crippen LogP contribution is -2.12. The molecule has 0 unspecified atom stereocenters. The standard InChI is InChI=1S/C16H16ClN3O2S/c17-16-19-14(18-6-8-22-9-7-21)12-10-13(23-15(12)20-16)11-4-2-1-3-5-11/h1-5,10,21H,6-9H2,(H,18,19,20). The molecule has 0 amide bonds. The van der Waals surface area contributed by atoms with Crippen molar-refractivity contribution in [3.63, 3.8) is 0 Å². The van der Waals surface area contributed by atoms with Gasteiger partial charge in [0.15, 0.2) is 0 Å². The number of benzene rings is 1. The fourth-order valence-corrected chi connectivity index (χ4v) is 3.44. The van der Waals surface area contributed by atoms with Gasteiger partial charge >= 0.3 is 0 Å². The van der Waals surface area contributed by atoms with Crippen LogP contribution in [0.3, 0.4) is 0 Å². The number of nitrogens with zero attached hydrogens (tertiary/aromatic N) is 2. The number of aliphatic hydroxyl groups is 1. The van der Waals surface area contributed by atoms with E-state index in [1.807, 2.05) is 18.2 Å². The van der Waals surface area contributed by atoms with Gasteiger partial charge in [-0.05, 0) is 23.2 Å². The molecule has 120 valence electrons. The summed E-state index contributed by atoms with van der Waals surface area (Å²) < 4.78 is 5.24. The third kappa shape index (κ3) is 3.97. The van der Waals surface area contributed by atoms with Crippen molar-refractivity contribution in [1.82, 2.24) is 9.97 Å². The highest BCUT2D eigenvalue weighted by Gasteiger charge is 2.12. The van der Waals surface area contributed by atoms with Crippen LogP contribution in [0.4, 0.5) is 5.82 Å². The van der Waals surface area contributed by atoms with Crippen molar-refractivity contribution in [2.24, 2.45) is 0 Å². The minimum absolute atomic E-state index is 0.0224. The van der Waals surface area contributed by atoms with E-state index in [0.29, 0.717) is 25.6 Å². The number of rotatable bonds is 7. The molecule has 0 saturated carbocycles. The predicted octanol–water partition coefficient (Wildman–Crippen LogP) is 3.43. The summed E-state index contributed by atoms with van der Waals surface area (Å²) in [6, 6.07) is 12.2. The molecule has 3 rings (SSSR count). The molecular weight excluding hydrogens is 334 g/mol. The Balaban J connectivity index is 1.84. The summed E-state index contributed by atoms with van der Waals surface area (Å²) in [5.74, 6) is 0.700. The second-order valence-electron chi connectivity index (χ2n) is 4.80. The van der Waals surface area contributed by atoms with E-state index in [0.717, 1.165) is 20.7 Å². The van der Waals surface area contributed by atoms with Gasteiger partial charge in [-0.2, -0.15) is 0 Å². The molecule has 0 radical (unpaired) electrons. The van der Waals surface area contributed by atoms with Gasteiger partial charge in [-0.3, -0.25) is 0 Å². The van der Waals surface area contributed by atoms with Crippen LogP contribution in [0.15, 0.2) is 36.4 Å². The lowest BCUT2D eigenvalue weighted by molar-refractivity contribution is 0.0992. The molecule has 7 heteroatoms. The fraction of sp³-hybridized carbons (Fsp3) is 0.250. The van der Waals surface area contributed by atoms with Gasteiger partial charge in [-0.25, -0.2) is 9.97 Å². The largest absolute Gasteiger partial charge is 0.394 e. The first kappa shape index (κ1) is 16.1. The first-order chi connectivity index (χ1) is 11.3. The van der Waals surface area contributed by atoms with E-state index in [1.165, 1.54) is 0 Å². The van der Waals surface area contributed by atoms with Crippen molar-refractivity contribution >= 4 is 39.0 Å². The molecule has 2 aromatic heterocycles. The molecule has 0 fully saturated rings. The number of hydrogen-bond donors (Lipinski definition) is 2. The molecule has 23 heavy (non-hydrogen) atoms. The highest BCUT2D eigenvalue weighted by molar-refractivity contribution is 7.22. The molecular formula is C16H16ClN3O2S. The molecule has 2 heterocycles. The number of anilines is 1. The van der Waals surface area contributed by atoms with Gasteiger partial charge in [0.1, 0.15) is 10.6 Å². The van der Waals surface area contributed by atoms with Gasteiger partial charge in [-0.15, -0.1) is 11.3 Å². The van der Waals surface area contributed by atoms with Crippen LogP contribution in [0.2, 0.25) is 5.28 Å². The topological polar surface area (TPSA) is 67.3 Å².